The van der Waals surface area contributed by atoms with E-state index in [9.17, 15) is 5.11 Å². The highest BCUT2D eigenvalue weighted by atomic mass is 127. The molecule has 1 atom stereocenters. The van der Waals surface area contributed by atoms with Gasteiger partial charge in [0.15, 0.2) is 0 Å². The number of rotatable bonds is 2. The molecule has 77 valence electrons. The summed E-state index contributed by atoms with van der Waals surface area (Å²) in [6.45, 7) is 10.3. The molecular formula is C11H16IOSi. The summed E-state index contributed by atoms with van der Waals surface area (Å²) in [4.78, 5) is 0. The van der Waals surface area contributed by atoms with Gasteiger partial charge in [-0.1, -0.05) is 31.8 Å². The standard InChI is InChI=1S/C11H16IOSi/c1-11(13,14(2,3)4)9-5-7-10(12)8-6-9/h5-8,13H,1H2,2-4H3. The molecule has 0 amide bonds. The van der Waals surface area contributed by atoms with Crippen molar-refractivity contribution in [2.24, 2.45) is 0 Å². The molecule has 1 nitrogen and oxygen atoms in total. The van der Waals surface area contributed by atoms with E-state index in [4.69, 9.17) is 0 Å². The maximum absolute atomic E-state index is 10.4. The highest BCUT2D eigenvalue weighted by Gasteiger charge is 2.38. The predicted molar refractivity (Wildman–Crippen MR) is 71.8 cm³/mol. The third kappa shape index (κ3) is 2.38. The number of aliphatic hydroxyl groups is 1. The van der Waals surface area contributed by atoms with E-state index in [-0.39, 0.29) is 0 Å². The highest BCUT2D eigenvalue weighted by Crippen LogP contribution is 2.30. The Morgan fingerprint density at radius 2 is 1.64 bits per heavy atom. The third-order valence-electron chi connectivity index (χ3n) is 2.56. The van der Waals surface area contributed by atoms with Crippen molar-refractivity contribution in [2.45, 2.75) is 24.9 Å². The van der Waals surface area contributed by atoms with Crippen molar-refractivity contribution in [3.8, 4) is 0 Å². The molecule has 1 N–H and O–H groups in total. The van der Waals surface area contributed by atoms with Gasteiger partial charge in [0.2, 0.25) is 0 Å². The minimum absolute atomic E-state index is 0.892. The van der Waals surface area contributed by atoms with Crippen LogP contribution >= 0.6 is 22.6 Å². The van der Waals surface area contributed by atoms with Crippen molar-refractivity contribution < 1.29 is 5.11 Å². The van der Waals surface area contributed by atoms with Crippen LogP contribution in [-0.2, 0) is 5.22 Å². The summed E-state index contributed by atoms with van der Waals surface area (Å²) >= 11 is 2.25. The Bertz CT molecular complexity index is 311. The van der Waals surface area contributed by atoms with Crippen molar-refractivity contribution >= 4 is 30.7 Å². The van der Waals surface area contributed by atoms with E-state index in [1.54, 1.807) is 0 Å². The summed E-state index contributed by atoms with van der Waals surface area (Å²) in [6, 6.07) is 7.94. The minimum atomic E-state index is -1.70. The van der Waals surface area contributed by atoms with Crippen LogP contribution in [0.3, 0.4) is 0 Å². The van der Waals surface area contributed by atoms with Crippen molar-refractivity contribution in [1.29, 1.82) is 0 Å². The van der Waals surface area contributed by atoms with Crippen molar-refractivity contribution in [1.82, 2.24) is 0 Å². The normalized spacial score (nSPS) is 16.4. The predicted octanol–water partition coefficient (Wildman–Crippen LogP) is 3.19. The second-order valence-corrected chi connectivity index (χ2v) is 11.2. The lowest BCUT2D eigenvalue weighted by molar-refractivity contribution is 0.164. The lowest BCUT2D eigenvalue weighted by Gasteiger charge is -2.35. The van der Waals surface area contributed by atoms with Crippen LogP contribution in [0, 0.1) is 10.5 Å². The van der Waals surface area contributed by atoms with Crippen molar-refractivity contribution in [2.75, 3.05) is 0 Å². The number of benzene rings is 1. The third-order valence-corrected chi connectivity index (χ3v) is 6.05. The van der Waals surface area contributed by atoms with E-state index in [0.717, 1.165) is 5.56 Å². The molecule has 1 aromatic rings. The Hall–Kier alpha value is 0.127. The van der Waals surface area contributed by atoms with E-state index in [2.05, 4.69) is 49.2 Å². The molecule has 0 fully saturated rings. The van der Waals surface area contributed by atoms with Crippen LogP contribution in [0.5, 0.6) is 0 Å². The van der Waals surface area contributed by atoms with Crippen molar-refractivity contribution in [3.63, 3.8) is 0 Å². The first-order chi connectivity index (χ1) is 6.25. The fraction of sp³-hybridized carbons (Fsp3) is 0.364. The molecule has 0 saturated carbocycles. The zero-order chi connectivity index (χ0) is 11.0. The summed E-state index contributed by atoms with van der Waals surface area (Å²) in [6.07, 6.45) is 0. The molecule has 0 bridgehead atoms. The molecule has 14 heavy (non-hydrogen) atoms. The first kappa shape index (κ1) is 12.2. The van der Waals surface area contributed by atoms with E-state index in [1.165, 1.54) is 3.57 Å². The molecule has 0 saturated heterocycles. The van der Waals surface area contributed by atoms with Gasteiger partial charge >= 0.3 is 0 Å². The van der Waals surface area contributed by atoms with Gasteiger partial charge in [-0.05, 0) is 47.2 Å². The first-order valence-corrected chi connectivity index (χ1v) is 9.17. The molecule has 0 aliphatic carbocycles. The van der Waals surface area contributed by atoms with E-state index in [0.29, 0.717) is 0 Å². The number of hydrogen-bond donors (Lipinski definition) is 1. The lowest BCUT2D eigenvalue weighted by atomic mass is 10.1. The second kappa shape index (κ2) is 3.94. The Kier molecular flexibility index (Phi) is 3.44. The fourth-order valence-electron chi connectivity index (χ4n) is 1.16. The summed E-state index contributed by atoms with van der Waals surface area (Å²) in [5.74, 6) is 0. The summed E-state index contributed by atoms with van der Waals surface area (Å²) < 4.78 is 1.18. The van der Waals surface area contributed by atoms with Crippen LogP contribution < -0.4 is 0 Å². The first-order valence-electron chi connectivity index (χ1n) is 4.59. The Morgan fingerprint density at radius 1 is 1.21 bits per heavy atom. The van der Waals surface area contributed by atoms with Gasteiger partial charge in [-0.2, -0.15) is 0 Å². The number of hydrogen-bond acceptors (Lipinski definition) is 1. The van der Waals surface area contributed by atoms with Gasteiger partial charge in [-0.3, -0.25) is 0 Å². The molecule has 3 heteroatoms. The van der Waals surface area contributed by atoms with Gasteiger partial charge in [0.1, 0.15) is 0 Å². The molecule has 0 aliphatic heterocycles. The van der Waals surface area contributed by atoms with Gasteiger partial charge < -0.3 is 5.11 Å². The van der Waals surface area contributed by atoms with Gasteiger partial charge in [-0.15, -0.1) is 0 Å². The monoisotopic (exact) mass is 319 g/mol. The van der Waals surface area contributed by atoms with Crippen LogP contribution in [0.15, 0.2) is 24.3 Å². The van der Waals surface area contributed by atoms with Gasteiger partial charge in [-0.25, -0.2) is 0 Å². The molecular weight excluding hydrogens is 303 g/mol. The molecule has 1 unspecified atom stereocenters. The number of halogens is 1. The highest BCUT2D eigenvalue weighted by molar-refractivity contribution is 14.1. The van der Waals surface area contributed by atoms with Crippen LogP contribution in [0.2, 0.25) is 19.6 Å². The Labute approximate surface area is 101 Å². The van der Waals surface area contributed by atoms with Crippen LogP contribution in [0.1, 0.15) is 5.56 Å². The van der Waals surface area contributed by atoms with Crippen LogP contribution in [-0.4, -0.2) is 13.2 Å². The molecule has 0 heterocycles. The van der Waals surface area contributed by atoms with E-state index >= 15 is 0 Å². The van der Waals surface area contributed by atoms with Gasteiger partial charge in [0.25, 0.3) is 0 Å². The zero-order valence-corrected chi connectivity index (χ0v) is 12.0. The second-order valence-electron chi connectivity index (χ2n) is 4.62. The molecule has 0 spiro atoms. The summed E-state index contributed by atoms with van der Waals surface area (Å²) in [7, 11) is -1.70. The van der Waals surface area contributed by atoms with E-state index < -0.39 is 13.3 Å². The SMILES string of the molecule is [CH2]C(O)(c1ccc(I)cc1)[Si](C)(C)C. The smallest absolute Gasteiger partial charge is 0.0878 e. The topological polar surface area (TPSA) is 20.2 Å². The Balaban J connectivity index is 3.10. The maximum Gasteiger partial charge on any atom is 0.0878 e. The molecule has 0 aliphatic rings. The summed E-state index contributed by atoms with van der Waals surface area (Å²) in [5.41, 5.74) is 0.928. The molecule has 0 aromatic heterocycles. The molecule has 1 rings (SSSR count). The molecule has 1 radical (unpaired) electrons. The summed E-state index contributed by atoms with van der Waals surface area (Å²) in [5, 5.41) is 9.47. The average molecular weight is 319 g/mol. The maximum atomic E-state index is 10.4. The van der Waals surface area contributed by atoms with Gasteiger partial charge in [0.05, 0.1) is 13.3 Å². The average Bonchev–Trinajstić information content (AvgIpc) is 2.03. The van der Waals surface area contributed by atoms with E-state index in [1.807, 2.05) is 24.3 Å². The van der Waals surface area contributed by atoms with Crippen molar-refractivity contribution in [3.05, 3.63) is 40.3 Å². The minimum Gasteiger partial charge on any atom is -0.389 e. The Morgan fingerprint density at radius 3 is 2.00 bits per heavy atom. The van der Waals surface area contributed by atoms with Crippen LogP contribution in [0.4, 0.5) is 0 Å². The van der Waals surface area contributed by atoms with Crippen LogP contribution in [0.25, 0.3) is 0 Å². The zero-order valence-electron chi connectivity index (χ0n) is 8.84. The molecule has 1 aromatic carbocycles. The fourth-order valence-corrected chi connectivity index (χ4v) is 2.55. The quantitative estimate of drug-likeness (QED) is 0.656. The largest absolute Gasteiger partial charge is 0.389 e. The van der Waals surface area contributed by atoms with Gasteiger partial charge in [0, 0.05) is 3.57 Å². The lowest BCUT2D eigenvalue weighted by Crippen LogP contribution is -2.47.